The summed E-state index contributed by atoms with van der Waals surface area (Å²) < 4.78 is 35.5. The van der Waals surface area contributed by atoms with E-state index in [9.17, 15) is 18.0 Å². The number of hydrogen-bond donors (Lipinski definition) is 2. The van der Waals surface area contributed by atoms with E-state index < -0.39 is 32.7 Å². The van der Waals surface area contributed by atoms with Crippen LogP contribution in [0.4, 0.5) is 11.4 Å². The number of rotatable bonds is 9. The molecule has 0 aliphatic rings. The van der Waals surface area contributed by atoms with E-state index in [1.807, 2.05) is 0 Å². The van der Waals surface area contributed by atoms with E-state index in [0.29, 0.717) is 22.9 Å². The Labute approximate surface area is 170 Å². The summed E-state index contributed by atoms with van der Waals surface area (Å²) in [4.78, 5) is 24.8. The lowest BCUT2D eigenvalue weighted by Crippen LogP contribution is -2.39. The van der Waals surface area contributed by atoms with Crippen molar-refractivity contribution in [3.05, 3.63) is 48.5 Å². The number of carbonyl (C=O) groups excluding carboxylic acids is 2. The number of benzene rings is 2. The van der Waals surface area contributed by atoms with E-state index in [-0.39, 0.29) is 6.42 Å². The fourth-order valence-corrected chi connectivity index (χ4v) is 4.25. The van der Waals surface area contributed by atoms with E-state index in [0.717, 1.165) is 0 Å². The molecule has 2 N–H and O–H groups in total. The van der Waals surface area contributed by atoms with Crippen molar-refractivity contribution in [1.82, 2.24) is 0 Å². The maximum Gasteiger partial charge on any atom is 0.242 e. The Hall–Kier alpha value is -3.07. The van der Waals surface area contributed by atoms with E-state index in [4.69, 9.17) is 9.47 Å². The molecule has 0 saturated heterocycles. The zero-order valence-corrected chi connectivity index (χ0v) is 17.3. The summed E-state index contributed by atoms with van der Waals surface area (Å²) in [6.07, 6.45) is 0.0269. The summed E-state index contributed by atoms with van der Waals surface area (Å²) in [7, 11) is -1.07. The van der Waals surface area contributed by atoms with Gasteiger partial charge in [0.25, 0.3) is 0 Å². The maximum absolute atomic E-state index is 12.7. The topological polar surface area (TPSA) is 111 Å². The van der Waals surface area contributed by atoms with Gasteiger partial charge in [0.05, 0.1) is 19.9 Å². The zero-order chi connectivity index (χ0) is 21.4. The van der Waals surface area contributed by atoms with Crippen LogP contribution in [0.3, 0.4) is 0 Å². The van der Waals surface area contributed by atoms with Crippen molar-refractivity contribution in [3.63, 3.8) is 0 Å². The van der Waals surface area contributed by atoms with Gasteiger partial charge in [-0.15, -0.1) is 0 Å². The molecule has 0 saturated carbocycles. The van der Waals surface area contributed by atoms with Crippen LogP contribution in [0.2, 0.25) is 0 Å². The van der Waals surface area contributed by atoms with Crippen LogP contribution in [0, 0.1) is 0 Å². The van der Waals surface area contributed by atoms with Gasteiger partial charge in [-0.05, 0) is 42.8 Å². The summed E-state index contributed by atoms with van der Waals surface area (Å²) >= 11 is 0. The maximum atomic E-state index is 12.7. The van der Waals surface area contributed by atoms with Crippen molar-refractivity contribution in [2.45, 2.75) is 18.6 Å². The van der Waals surface area contributed by atoms with Crippen LogP contribution in [0.5, 0.6) is 11.5 Å². The van der Waals surface area contributed by atoms with Gasteiger partial charge in [0.2, 0.25) is 11.8 Å². The van der Waals surface area contributed by atoms with Crippen LogP contribution < -0.4 is 20.1 Å². The van der Waals surface area contributed by atoms with Gasteiger partial charge in [0.15, 0.2) is 9.84 Å². The predicted octanol–water partition coefficient (Wildman–Crippen LogP) is 2.47. The Bertz CT molecular complexity index is 957. The van der Waals surface area contributed by atoms with Gasteiger partial charge in [-0.1, -0.05) is 19.1 Å². The summed E-state index contributed by atoms with van der Waals surface area (Å²) in [6, 6.07) is 13.1. The summed E-state index contributed by atoms with van der Waals surface area (Å²) in [5.74, 6) is -1.23. The minimum atomic E-state index is -4.03. The lowest BCUT2D eigenvalue weighted by Gasteiger charge is -2.17. The Kier molecular flexibility index (Phi) is 7.60. The van der Waals surface area contributed by atoms with Gasteiger partial charge in [-0.25, -0.2) is 8.42 Å². The quantitative estimate of drug-likeness (QED) is 0.645. The molecular weight excluding hydrogens is 396 g/mol. The first-order valence-corrected chi connectivity index (χ1v) is 10.6. The molecular formula is C20H24N2O6S. The Morgan fingerprint density at radius 2 is 1.62 bits per heavy atom. The van der Waals surface area contributed by atoms with Crippen LogP contribution in [-0.4, -0.2) is 45.5 Å². The third kappa shape index (κ3) is 5.95. The molecule has 0 fully saturated rings. The summed E-state index contributed by atoms with van der Waals surface area (Å²) in [6.45, 7) is 1.57. The van der Waals surface area contributed by atoms with Crippen molar-refractivity contribution in [2.24, 2.45) is 0 Å². The molecule has 8 nitrogen and oxygen atoms in total. The first kappa shape index (κ1) is 22.2. The molecule has 0 spiro atoms. The van der Waals surface area contributed by atoms with Gasteiger partial charge in [-0.2, -0.15) is 0 Å². The van der Waals surface area contributed by atoms with Crippen LogP contribution in [0.15, 0.2) is 48.5 Å². The molecule has 0 aromatic heterocycles. The number of methoxy groups -OCH3 is 2. The number of anilines is 2. The first-order valence-electron chi connectivity index (χ1n) is 8.90. The second-order valence-corrected chi connectivity index (χ2v) is 8.35. The molecule has 9 heteroatoms. The van der Waals surface area contributed by atoms with Crippen LogP contribution in [-0.2, 0) is 19.4 Å². The van der Waals surface area contributed by atoms with Gasteiger partial charge >= 0.3 is 0 Å². The Balaban J connectivity index is 2.07. The van der Waals surface area contributed by atoms with Gasteiger partial charge in [-0.3, -0.25) is 9.59 Å². The summed E-state index contributed by atoms with van der Waals surface area (Å²) in [5, 5.41) is 3.71. The fraction of sp³-hybridized carbons (Fsp3) is 0.300. The SMILES string of the molecule is CCC(C(=O)Nc1ccccc1OC)S(=O)(=O)CC(=O)Nc1ccc(OC)cc1. The highest BCUT2D eigenvalue weighted by Crippen LogP contribution is 2.24. The van der Waals surface area contributed by atoms with Crippen LogP contribution in [0.25, 0.3) is 0 Å². The average molecular weight is 420 g/mol. The minimum absolute atomic E-state index is 0.0269. The molecule has 1 atom stereocenters. The number of hydrogen-bond acceptors (Lipinski definition) is 6. The molecule has 0 radical (unpaired) electrons. The lowest BCUT2D eigenvalue weighted by molar-refractivity contribution is -0.115. The molecule has 0 bridgehead atoms. The van der Waals surface area contributed by atoms with Crippen molar-refractivity contribution in [2.75, 3.05) is 30.6 Å². The van der Waals surface area contributed by atoms with Crippen molar-refractivity contribution in [1.29, 1.82) is 0 Å². The minimum Gasteiger partial charge on any atom is -0.497 e. The van der Waals surface area contributed by atoms with Crippen molar-refractivity contribution >= 4 is 33.0 Å². The van der Waals surface area contributed by atoms with E-state index in [1.165, 1.54) is 14.2 Å². The predicted molar refractivity (Wildman–Crippen MR) is 111 cm³/mol. The second kappa shape index (κ2) is 9.92. The summed E-state index contributed by atoms with van der Waals surface area (Å²) in [5.41, 5.74) is 0.786. The molecule has 0 heterocycles. The van der Waals surface area contributed by atoms with E-state index in [1.54, 1.807) is 55.5 Å². The Morgan fingerprint density at radius 3 is 2.21 bits per heavy atom. The van der Waals surface area contributed by atoms with Crippen molar-refractivity contribution in [3.8, 4) is 11.5 Å². The molecule has 2 aromatic rings. The molecule has 2 rings (SSSR count). The monoisotopic (exact) mass is 420 g/mol. The zero-order valence-electron chi connectivity index (χ0n) is 16.5. The molecule has 156 valence electrons. The van der Waals surface area contributed by atoms with Gasteiger partial charge in [0.1, 0.15) is 22.5 Å². The highest BCUT2D eigenvalue weighted by Gasteiger charge is 2.33. The number of carbonyl (C=O) groups is 2. The van der Waals surface area contributed by atoms with E-state index in [2.05, 4.69) is 10.6 Å². The molecule has 0 aliphatic heterocycles. The number of ether oxygens (including phenoxy) is 2. The van der Waals surface area contributed by atoms with Gasteiger partial charge < -0.3 is 20.1 Å². The fourth-order valence-electron chi connectivity index (χ4n) is 2.72. The smallest absolute Gasteiger partial charge is 0.242 e. The normalized spacial score (nSPS) is 12.0. The van der Waals surface area contributed by atoms with Crippen molar-refractivity contribution < 1.29 is 27.5 Å². The first-order chi connectivity index (χ1) is 13.8. The molecule has 29 heavy (non-hydrogen) atoms. The Morgan fingerprint density at radius 1 is 0.966 bits per heavy atom. The number of sulfone groups is 1. The number of para-hydroxylation sites is 2. The molecule has 1 unspecified atom stereocenters. The molecule has 2 amide bonds. The lowest BCUT2D eigenvalue weighted by atomic mass is 10.2. The average Bonchev–Trinajstić information content (AvgIpc) is 2.68. The van der Waals surface area contributed by atoms with E-state index >= 15 is 0 Å². The highest BCUT2D eigenvalue weighted by molar-refractivity contribution is 7.93. The standard InChI is InChI=1S/C20H24N2O6S/c1-4-18(20(24)22-16-7-5-6-8-17(16)28-3)29(25,26)13-19(23)21-14-9-11-15(27-2)12-10-14/h5-12,18H,4,13H2,1-3H3,(H,21,23)(H,22,24). The third-order valence-electron chi connectivity index (χ3n) is 4.17. The van der Waals surface area contributed by atoms with Crippen LogP contribution in [0.1, 0.15) is 13.3 Å². The van der Waals surface area contributed by atoms with Crippen LogP contribution >= 0.6 is 0 Å². The highest BCUT2D eigenvalue weighted by atomic mass is 32.2. The number of amides is 2. The molecule has 2 aromatic carbocycles. The second-order valence-electron chi connectivity index (χ2n) is 6.17. The third-order valence-corrected chi connectivity index (χ3v) is 6.25. The largest absolute Gasteiger partial charge is 0.497 e. The molecule has 0 aliphatic carbocycles. The van der Waals surface area contributed by atoms with Gasteiger partial charge in [0, 0.05) is 5.69 Å². The number of nitrogens with one attached hydrogen (secondary N) is 2.